The summed E-state index contributed by atoms with van der Waals surface area (Å²) in [5.74, 6) is -0.120. The van der Waals surface area contributed by atoms with Crippen LogP contribution in [0.2, 0.25) is 0 Å². The highest BCUT2D eigenvalue weighted by molar-refractivity contribution is 5.93. The number of carbonyl (C=O) groups is 1. The molecule has 2 aliphatic rings. The predicted octanol–water partition coefficient (Wildman–Crippen LogP) is 2.68. The van der Waals surface area contributed by atoms with Crippen molar-refractivity contribution in [1.82, 2.24) is 0 Å². The monoisotopic (exact) mass is 247 g/mol. The minimum Gasteiger partial charge on any atom is -0.508 e. The second kappa shape index (κ2) is 4.12. The Hall–Kier alpha value is -1.84. The van der Waals surface area contributed by atoms with Gasteiger partial charge in [0.05, 0.1) is 5.69 Å². The summed E-state index contributed by atoms with van der Waals surface area (Å²) in [6.07, 6.45) is 6.14. The van der Waals surface area contributed by atoms with Gasteiger partial charge in [0.2, 0.25) is 5.91 Å². The molecule has 1 amide bonds. The van der Waals surface area contributed by atoms with Crippen molar-refractivity contribution < 1.29 is 14.3 Å². The average Bonchev–Trinajstić information content (AvgIpc) is 2.94. The highest BCUT2D eigenvalue weighted by atomic mass is 19.1. The Morgan fingerprint density at radius 1 is 1.33 bits per heavy atom. The number of aromatic hydroxyl groups is 1. The molecule has 0 aromatic heterocycles. The molecule has 18 heavy (non-hydrogen) atoms. The van der Waals surface area contributed by atoms with Crippen molar-refractivity contribution in [2.24, 2.45) is 17.8 Å². The highest BCUT2D eigenvalue weighted by Crippen LogP contribution is 2.43. The minimum absolute atomic E-state index is 0.0480. The van der Waals surface area contributed by atoms with Gasteiger partial charge in [0.25, 0.3) is 0 Å². The van der Waals surface area contributed by atoms with Crippen LogP contribution in [0.15, 0.2) is 30.4 Å². The van der Waals surface area contributed by atoms with E-state index in [2.05, 4.69) is 17.5 Å². The number of hydrogen-bond donors (Lipinski definition) is 2. The number of halogens is 1. The number of rotatable bonds is 2. The fraction of sp³-hybridized carbons (Fsp3) is 0.357. The molecule has 3 nitrogen and oxygen atoms in total. The van der Waals surface area contributed by atoms with Crippen LogP contribution in [0, 0.1) is 23.6 Å². The van der Waals surface area contributed by atoms with Gasteiger partial charge in [-0.3, -0.25) is 4.79 Å². The van der Waals surface area contributed by atoms with E-state index in [1.165, 1.54) is 12.1 Å². The number of phenols is 1. The lowest BCUT2D eigenvalue weighted by atomic mass is 9.93. The molecule has 1 fully saturated rings. The smallest absolute Gasteiger partial charge is 0.228 e. The van der Waals surface area contributed by atoms with Crippen molar-refractivity contribution in [1.29, 1.82) is 0 Å². The number of phenolic OH excluding ortho intramolecular Hbond substituents is 1. The Bertz CT molecular complexity index is 527. The molecule has 0 saturated heterocycles. The van der Waals surface area contributed by atoms with Crippen molar-refractivity contribution >= 4 is 11.6 Å². The fourth-order valence-electron chi connectivity index (χ4n) is 2.91. The molecule has 2 N–H and O–H groups in total. The third kappa shape index (κ3) is 1.88. The SMILES string of the molecule is O=C(Nc1ccc(O)cc1F)C1CC2C=CC1C2. The zero-order valence-electron chi connectivity index (χ0n) is 9.77. The molecule has 0 aliphatic heterocycles. The van der Waals surface area contributed by atoms with Crippen LogP contribution in [0.5, 0.6) is 5.75 Å². The van der Waals surface area contributed by atoms with Gasteiger partial charge in [0.1, 0.15) is 11.6 Å². The van der Waals surface area contributed by atoms with Gasteiger partial charge in [-0.1, -0.05) is 12.2 Å². The fourth-order valence-corrected chi connectivity index (χ4v) is 2.91. The van der Waals surface area contributed by atoms with Crippen LogP contribution in [-0.2, 0) is 4.79 Å². The van der Waals surface area contributed by atoms with Crippen molar-refractivity contribution in [3.05, 3.63) is 36.2 Å². The molecule has 3 atom stereocenters. The Kier molecular flexibility index (Phi) is 2.58. The van der Waals surface area contributed by atoms with Crippen molar-refractivity contribution in [2.45, 2.75) is 12.8 Å². The first-order valence-electron chi connectivity index (χ1n) is 6.11. The maximum absolute atomic E-state index is 13.5. The number of allylic oxidation sites excluding steroid dienone is 2. The Labute approximate surface area is 104 Å². The van der Waals surface area contributed by atoms with Crippen LogP contribution in [-0.4, -0.2) is 11.0 Å². The molecular formula is C14H14FNO2. The Morgan fingerprint density at radius 2 is 2.17 bits per heavy atom. The largest absolute Gasteiger partial charge is 0.508 e. The molecule has 3 rings (SSSR count). The van der Waals surface area contributed by atoms with E-state index in [-0.39, 0.29) is 23.3 Å². The molecule has 0 heterocycles. The molecule has 1 saturated carbocycles. The van der Waals surface area contributed by atoms with Gasteiger partial charge in [-0.2, -0.15) is 0 Å². The zero-order chi connectivity index (χ0) is 12.7. The number of benzene rings is 1. The third-order valence-electron chi connectivity index (χ3n) is 3.83. The second-order valence-electron chi connectivity index (χ2n) is 5.04. The van der Waals surface area contributed by atoms with E-state index >= 15 is 0 Å². The molecule has 94 valence electrons. The van der Waals surface area contributed by atoms with Crippen LogP contribution in [0.3, 0.4) is 0 Å². The van der Waals surface area contributed by atoms with Crippen LogP contribution in [0.1, 0.15) is 12.8 Å². The summed E-state index contributed by atoms with van der Waals surface area (Å²) < 4.78 is 13.5. The lowest BCUT2D eigenvalue weighted by Crippen LogP contribution is -2.26. The number of amides is 1. The van der Waals surface area contributed by atoms with Crippen LogP contribution >= 0.6 is 0 Å². The molecule has 0 spiro atoms. The maximum Gasteiger partial charge on any atom is 0.228 e. The first-order chi connectivity index (χ1) is 8.63. The quantitative estimate of drug-likeness (QED) is 0.623. The van der Waals surface area contributed by atoms with E-state index in [0.29, 0.717) is 11.8 Å². The average molecular weight is 247 g/mol. The first kappa shape index (κ1) is 11.3. The number of fused-ring (bicyclic) bond motifs is 2. The summed E-state index contributed by atoms with van der Waals surface area (Å²) >= 11 is 0. The normalized spacial score (nSPS) is 28.6. The number of carbonyl (C=O) groups excluding carboxylic acids is 1. The molecule has 1 aromatic rings. The van der Waals surface area contributed by atoms with Crippen molar-refractivity contribution in [3.63, 3.8) is 0 Å². The van der Waals surface area contributed by atoms with Gasteiger partial charge >= 0.3 is 0 Å². The van der Waals surface area contributed by atoms with Crippen molar-refractivity contribution in [2.75, 3.05) is 5.32 Å². The van der Waals surface area contributed by atoms with E-state index in [9.17, 15) is 9.18 Å². The zero-order valence-corrected chi connectivity index (χ0v) is 9.77. The van der Waals surface area contributed by atoms with Gasteiger partial charge < -0.3 is 10.4 Å². The highest BCUT2D eigenvalue weighted by Gasteiger charge is 2.39. The van der Waals surface area contributed by atoms with E-state index in [1.54, 1.807) is 0 Å². The Balaban J connectivity index is 1.73. The second-order valence-corrected chi connectivity index (χ2v) is 5.04. The summed E-state index contributed by atoms with van der Waals surface area (Å²) in [6, 6.07) is 3.74. The standard InChI is InChI=1S/C14H14FNO2/c15-12-7-10(17)3-4-13(12)16-14(18)11-6-8-1-2-9(11)5-8/h1-4,7-9,11,17H,5-6H2,(H,16,18). The summed E-state index contributed by atoms with van der Waals surface area (Å²) in [5, 5.41) is 11.7. The minimum atomic E-state index is -0.609. The van der Waals surface area contributed by atoms with Gasteiger partial charge in [-0.15, -0.1) is 0 Å². The lowest BCUT2D eigenvalue weighted by molar-refractivity contribution is -0.120. The van der Waals surface area contributed by atoms with Crippen molar-refractivity contribution in [3.8, 4) is 5.75 Å². The lowest BCUT2D eigenvalue weighted by Gasteiger charge is -2.17. The molecule has 3 unspecified atom stereocenters. The topological polar surface area (TPSA) is 49.3 Å². The molecule has 1 aromatic carbocycles. The molecular weight excluding hydrogens is 233 g/mol. The summed E-state index contributed by atoms with van der Waals surface area (Å²) in [7, 11) is 0. The summed E-state index contributed by atoms with van der Waals surface area (Å²) in [6.45, 7) is 0. The van der Waals surface area contributed by atoms with E-state index in [1.807, 2.05) is 0 Å². The van der Waals surface area contributed by atoms with Crippen LogP contribution in [0.25, 0.3) is 0 Å². The van der Waals surface area contributed by atoms with Gasteiger partial charge in [-0.05, 0) is 36.8 Å². The third-order valence-corrected chi connectivity index (χ3v) is 3.83. The summed E-state index contributed by atoms with van der Waals surface area (Å²) in [5.41, 5.74) is 0.129. The maximum atomic E-state index is 13.5. The van der Waals surface area contributed by atoms with E-state index < -0.39 is 5.82 Å². The number of hydrogen-bond acceptors (Lipinski definition) is 2. The van der Waals surface area contributed by atoms with E-state index in [4.69, 9.17) is 5.11 Å². The molecule has 2 bridgehead atoms. The molecule has 0 radical (unpaired) electrons. The van der Waals surface area contributed by atoms with E-state index in [0.717, 1.165) is 18.9 Å². The van der Waals surface area contributed by atoms with Gasteiger partial charge in [-0.25, -0.2) is 4.39 Å². The molecule has 2 aliphatic carbocycles. The molecule has 4 heteroatoms. The van der Waals surface area contributed by atoms with Gasteiger partial charge in [0, 0.05) is 12.0 Å². The number of nitrogens with one attached hydrogen (secondary N) is 1. The Morgan fingerprint density at radius 3 is 2.78 bits per heavy atom. The summed E-state index contributed by atoms with van der Waals surface area (Å²) in [4.78, 5) is 12.1. The number of anilines is 1. The first-order valence-corrected chi connectivity index (χ1v) is 6.11. The van der Waals surface area contributed by atoms with Crippen LogP contribution in [0.4, 0.5) is 10.1 Å². The van der Waals surface area contributed by atoms with Crippen LogP contribution < -0.4 is 5.32 Å². The predicted molar refractivity (Wildman–Crippen MR) is 65.5 cm³/mol. The van der Waals surface area contributed by atoms with Gasteiger partial charge in [0.15, 0.2) is 0 Å².